The lowest BCUT2D eigenvalue weighted by Gasteiger charge is -2.10. The van der Waals surface area contributed by atoms with Gasteiger partial charge in [0.25, 0.3) is 0 Å². The number of para-hydroxylation sites is 2. The third-order valence-corrected chi connectivity index (χ3v) is 3.46. The number of H-pyrrole nitrogens is 2. The first-order valence-corrected chi connectivity index (χ1v) is 7.43. The van der Waals surface area contributed by atoms with Crippen molar-refractivity contribution < 1.29 is 14.3 Å². The van der Waals surface area contributed by atoms with Gasteiger partial charge in [-0.1, -0.05) is 12.1 Å². The summed E-state index contributed by atoms with van der Waals surface area (Å²) >= 11 is 0. The van der Waals surface area contributed by atoms with E-state index in [4.69, 9.17) is 9.47 Å². The molecule has 0 aliphatic rings. The van der Waals surface area contributed by atoms with E-state index in [1.165, 1.54) is 0 Å². The SMILES string of the molecule is COc1ccccc1OCCC(=O)Nc1ccc2[nH]c(=O)[nH]c2c1. The zero-order valence-corrected chi connectivity index (χ0v) is 13.1. The van der Waals surface area contributed by atoms with Crippen molar-refractivity contribution in [2.75, 3.05) is 19.0 Å². The minimum Gasteiger partial charge on any atom is -0.493 e. The van der Waals surface area contributed by atoms with E-state index in [1.807, 2.05) is 12.1 Å². The van der Waals surface area contributed by atoms with Crippen LogP contribution in [0.5, 0.6) is 11.5 Å². The molecule has 0 aliphatic carbocycles. The van der Waals surface area contributed by atoms with E-state index < -0.39 is 0 Å². The van der Waals surface area contributed by atoms with E-state index in [2.05, 4.69) is 15.3 Å². The number of carbonyl (C=O) groups is 1. The second-order valence-electron chi connectivity index (χ2n) is 5.14. The number of hydrogen-bond donors (Lipinski definition) is 3. The molecule has 0 bridgehead atoms. The van der Waals surface area contributed by atoms with Crippen LogP contribution < -0.4 is 20.5 Å². The highest BCUT2D eigenvalue weighted by molar-refractivity contribution is 5.93. The Bertz CT molecular complexity index is 913. The number of carbonyl (C=O) groups excluding carboxylic acids is 1. The monoisotopic (exact) mass is 327 g/mol. The number of amides is 1. The molecule has 3 rings (SSSR count). The average molecular weight is 327 g/mol. The second-order valence-corrected chi connectivity index (χ2v) is 5.14. The highest BCUT2D eigenvalue weighted by Crippen LogP contribution is 2.25. The predicted octanol–water partition coefficient (Wildman–Crippen LogP) is 2.27. The summed E-state index contributed by atoms with van der Waals surface area (Å²) in [6.45, 7) is 0.232. The van der Waals surface area contributed by atoms with Crippen molar-refractivity contribution in [1.82, 2.24) is 9.97 Å². The third kappa shape index (κ3) is 3.57. The van der Waals surface area contributed by atoms with Crippen LogP contribution in [0.2, 0.25) is 0 Å². The Kier molecular flexibility index (Phi) is 4.51. The summed E-state index contributed by atoms with van der Waals surface area (Å²) < 4.78 is 10.8. The molecule has 0 aliphatic heterocycles. The van der Waals surface area contributed by atoms with Gasteiger partial charge in [0.2, 0.25) is 5.91 Å². The summed E-state index contributed by atoms with van der Waals surface area (Å²) in [5, 5.41) is 2.77. The van der Waals surface area contributed by atoms with Crippen LogP contribution in [0.25, 0.3) is 11.0 Å². The van der Waals surface area contributed by atoms with Crippen LogP contribution in [-0.4, -0.2) is 29.6 Å². The maximum Gasteiger partial charge on any atom is 0.323 e. The van der Waals surface area contributed by atoms with Gasteiger partial charge in [0, 0.05) is 5.69 Å². The number of ether oxygens (including phenoxy) is 2. The lowest BCUT2D eigenvalue weighted by Crippen LogP contribution is -2.15. The lowest BCUT2D eigenvalue weighted by atomic mass is 10.2. The fraction of sp³-hybridized carbons (Fsp3) is 0.176. The molecule has 2 aromatic carbocycles. The third-order valence-electron chi connectivity index (χ3n) is 3.46. The second kappa shape index (κ2) is 6.91. The van der Waals surface area contributed by atoms with Crippen molar-refractivity contribution in [3.8, 4) is 11.5 Å². The van der Waals surface area contributed by atoms with Crippen LogP contribution in [0, 0.1) is 0 Å². The maximum atomic E-state index is 12.0. The van der Waals surface area contributed by atoms with Gasteiger partial charge >= 0.3 is 5.69 Å². The molecule has 1 aromatic heterocycles. The zero-order chi connectivity index (χ0) is 16.9. The fourth-order valence-corrected chi connectivity index (χ4v) is 2.33. The first-order chi connectivity index (χ1) is 11.7. The first kappa shape index (κ1) is 15.7. The summed E-state index contributed by atoms with van der Waals surface area (Å²) in [5.41, 5.74) is 1.67. The van der Waals surface area contributed by atoms with Crippen molar-refractivity contribution in [2.24, 2.45) is 0 Å². The molecular weight excluding hydrogens is 310 g/mol. The van der Waals surface area contributed by atoms with Crippen molar-refractivity contribution in [1.29, 1.82) is 0 Å². The molecule has 0 saturated heterocycles. The number of nitrogens with one attached hydrogen (secondary N) is 3. The molecule has 0 spiro atoms. The number of aromatic nitrogens is 2. The molecule has 124 valence electrons. The Morgan fingerprint density at radius 2 is 1.83 bits per heavy atom. The molecular formula is C17H17N3O4. The maximum absolute atomic E-state index is 12.0. The minimum atomic E-state index is -0.279. The molecule has 7 nitrogen and oxygen atoms in total. The minimum absolute atomic E-state index is 0.179. The smallest absolute Gasteiger partial charge is 0.323 e. The topological polar surface area (TPSA) is 96.2 Å². The van der Waals surface area contributed by atoms with E-state index in [-0.39, 0.29) is 24.6 Å². The van der Waals surface area contributed by atoms with Crippen molar-refractivity contribution in [3.63, 3.8) is 0 Å². The van der Waals surface area contributed by atoms with E-state index in [1.54, 1.807) is 37.4 Å². The van der Waals surface area contributed by atoms with E-state index in [9.17, 15) is 9.59 Å². The zero-order valence-electron chi connectivity index (χ0n) is 13.1. The van der Waals surface area contributed by atoms with Gasteiger partial charge in [-0.05, 0) is 30.3 Å². The number of imidazole rings is 1. The number of anilines is 1. The van der Waals surface area contributed by atoms with Gasteiger partial charge in [0.05, 0.1) is 31.2 Å². The number of fused-ring (bicyclic) bond motifs is 1. The molecule has 24 heavy (non-hydrogen) atoms. The highest BCUT2D eigenvalue weighted by Gasteiger charge is 2.07. The van der Waals surface area contributed by atoms with Crippen LogP contribution >= 0.6 is 0 Å². The number of aromatic amines is 2. The fourth-order valence-electron chi connectivity index (χ4n) is 2.33. The Morgan fingerprint density at radius 3 is 2.62 bits per heavy atom. The standard InChI is InChI=1S/C17H17N3O4/c1-23-14-4-2-3-5-15(14)24-9-8-16(21)18-11-6-7-12-13(10-11)20-17(22)19-12/h2-7,10H,8-9H2,1H3,(H,18,21)(H2,19,20,22). The largest absolute Gasteiger partial charge is 0.493 e. The van der Waals surface area contributed by atoms with Gasteiger partial charge in [-0.2, -0.15) is 0 Å². The Labute approximate surface area is 137 Å². The Balaban J connectivity index is 1.55. The van der Waals surface area contributed by atoms with Crippen LogP contribution in [0.15, 0.2) is 47.3 Å². The summed E-state index contributed by atoms with van der Waals surface area (Å²) in [6.07, 6.45) is 0.194. The molecule has 0 saturated carbocycles. The highest BCUT2D eigenvalue weighted by atomic mass is 16.5. The van der Waals surface area contributed by atoms with Gasteiger partial charge in [-0.3, -0.25) is 4.79 Å². The molecule has 0 radical (unpaired) electrons. The summed E-state index contributed by atoms with van der Waals surface area (Å²) in [4.78, 5) is 28.5. The molecule has 3 N–H and O–H groups in total. The van der Waals surface area contributed by atoms with Crippen LogP contribution in [0.1, 0.15) is 6.42 Å². The molecule has 0 atom stereocenters. The van der Waals surface area contributed by atoms with Gasteiger partial charge < -0.3 is 24.8 Å². The summed E-state index contributed by atoms with van der Waals surface area (Å²) in [5.74, 6) is 1.04. The van der Waals surface area contributed by atoms with Crippen molar-refractivity contribution >= 4 is 22.6 Å². The molecule has 1 heterocycles. The molecule has 3 aromatic rings. The van der Waals surface area contributed by atoms with Gasteiger partial charge in [0.1, 0.15) is 0 Å². The van der Waals surface area contributed by atoms with Crippen molar-refractivity contribution in [2.45, 2.75) is 6.42 Å². The van der Waals surface area contributed by atoms with Crippen LogP contribution in [0.3, 0.4) is 0 Å². The molecule has 0 unspecified atom stereocenters. The van der Waals surface area contributed by atoms with E-state index >= 15 is 0 Å². The number of rotatable bonds is 6. The number of hydrogen-bond acceptors (Lipinski definition) is 4. The molecule has 0 fully saturated rings. The van der Waals surface area contributed by atoms with E-state index in [0.717, 1.165) is 0 Å². The average Bonchev–Trinajstić information content (AvgIpc) is 2.94. The van der Waals surface area contributed by atoms with Gasteiger partial charge in [-0.15, -0.1) is 0 Å². The van der Waals surface area contributed by atoms with Crippen LogP contribution in [-0.2, 0) is 4.79 Å². The Hall–Kier alpha value is -3.22. The number of methoxy groups -OCH3 is 1. The van der Waals surface area contributed by atoms with Gasteiger partial charge in [0.15, 0.2) is 11.5 Å². The molecule has 7 heteroatoms. The van der Waals surface area contributed by atoms with Gasteiger partial charge in [-0.25, -0.2) is 4.79 Å². The predicted molar refractivity (Wildman–Crippen MR) is 90.7 cm³/mol. The normalized spacial score (nSPS) is 10.5. The summed E-state index contributed by atoms with van der Waals surface area (Å²) in [6, 6.07) is 12.4. The van der Waals surface area contributed by atoms with Crippen LogP contribution in [0.4, 0.5) is 5.69 Å². The van der Waals surface area contributed by atoms with E-state index in [0.29, 0.717) is 28.2 Å². The lowest BCUT2D eigenvalue weighted by molar-refractivity contribution is -0.116. The van der Waals surface area contributed by atoms with Crippen molar-refractivity contribution in [3.05, 3.63) is 52.9 Å². The first-order valence-electron chi connectivity index (χ1n) is 7.43. The number of benzene rings is 2. The Morgan fingerprint density at radius 1 is 1.08 bits per heavy atom. The summed E-state index contributed by atoms with van der Waals surface area (Å²) in [7, 11) is 1.57. The molecule has 1 amide bonds. The quantitative estimate of drug-likeness (QED) is 0.647.